The molecule has 1 aliphatic rings. The molecule has 0 aliphatic carbocycles. The van der Waals surface area contributed by atoms with E-state index in [1.165, 1.54) is 6.26 Å². The number of furan rings is 1. The van der Waals surface area contributed by atoms with Gasteiger partial charge in [0.1, 0.15) is 0 Å². The van der Waals surface area contributed by atoms with Gasteiger partial charge in [-0.25, -0.2) is 0 Å². The van der Waals surface area contributed by atoms with Crippen molar-refractivity contribution >= 4 is 17.5 Å². The number of para-hydroxylation sites is 1. The molecule has 126 valence electrons. The number of nitrogens with one attached hydrogen (secondary N) is 1. The molecule has 24 heavy (non-hydrogen) atoms. The molecule has 0 spiro atoms. The number of hydrazine groups is 1. The van der Waals surface area contributed by atoms with E-state index in [1.807, 2.05) is 37.4 Å². The van der Waals surface area contributed by atoms with Gasteiger partial charge < -0.3 is 9.32 Å². The number of hydrogen-bond donors (Lipinski definition) is 1. The summed E-state index contributed by atoms with van der Waals surface area (Å²) >= 11 is 0. The molecule has 1 fully saturated rings. The summed E-state index contributed by atoms with van der Waals surface area (Å²) in [7, 11) is 1.82. The quantitative estimate of drug-likeness (QED) is 0.875. The summed E-state index contributed by atoms with van der Waals surface area (Å²) < 4.78 is 5.15. The van der Waals surface area contributed by atoms with Gasteiger partial charge in [0.2, 0.25) is 5.91 Å². The molecule has 0 atom stereocenters. The van der Waals surface area contributed by atoms with Crippen molar-refractivity contribution in [3.05, 3.63) is 54.5 Å². The van der Waals surface area contributed by atoms with Crippen LogP contribution in [0.2, 0.25) is 0 Å². The first-order chi connectivity index (χ1) is 11.6. The van der Waals surface area contributed by atoms with E-state index in [1.54, 1.807) is 22.0 Å². The van der Waals surface area contributed by atoms with Crippen LogP contribution in [0.1, 0.15) is 23.4 Å². The van der Waals surface area contributed by atoms with E-state index in [2.05, 4.69) is 5.43 Å². The fourth-order valence-electron chi connectivity index (χ4n) is 2.87. The number of hydrogen-bond acceptors (Lipinski definition) is 4. The van der Waals surface area contributed by atoms with E-state index in [9.17, 15) is 9.59 Å². The zero-order chi connectivity index (χ0) is 16.9. The van der Waals surface area contributed by atoms with Crippen molar-refractivity contribution in [3.63, 3.8) is 0 Å². The highest BCUT2D eigenvalue weighted by Crippen LogP contribution is 2.20. The Kier molecular flexibility index (Phi) is 4.84. The van der Waals surface area contributed by atoms with Crippen molar-refractivity contribution in [2.75, 3.05) is 25.1 Å². The van der Waals surface area contributed by atoms with Gasteiger partial charge in [-0.15, -0.1) is 0 Å². The molecule has 1 aromatic heterocycles. The van der Waals surface area contributed by atoms with Crippen LogP contribution in [0, 0.1) is 5.92 Å². The maximum Gasteiger partial charge on any atom is 0.289 e. The maximum absolute atomic E-state index is 12.4. The smallest absolute Gasteiger partial charge is 0.289 e. The van der Waals surface area contributed by atoms with Gasteiger partial charge in [-0.2, -0.15) is 0 Å². The lowest BCUT2D eigenvalue weighted by atomic mass is 9.96. The summed E-state index contributed by atoms with van der Waals surface area (Å²) in [6, 6.07) is 13.0. The van der Waals surface area contributed by atoms with Gasteiger partial charge in [0.05, 0.1) is 12.0 Å². The molecule has 6 heteroatoms. The van der Waals surface area contributed by atoms with Gasteiger partial charge in [0.25, 0.3) is 5.91 Å². The second-order valence-electron chi connectivity index (χ2n) is 5.91. The summed E-state index contributed by atoms with van der Waals surface area (Å²) in [6.07, 6.45) is 2.80. The number of benzene rings is 1. The number of nitrogens with zero attached hydrogens (tertiary/aromatic N) is 2. The molecule has 0 saturated carbocycles. The standard InChI is InChI=1S/C18H21N3O3/c1-20(15-6-3-2-4-7-15)19-17(22)14-9-11-21(12-10-14)18(23)16-8-5-13-24-16/h2-8,13-14H,9-12H2,1H3,(H,19,22). The van der Waals surface area contributed by atoms with Crippen molar-refractivity contribution in [1.29, 1.82) is 0 Å². The number of amides is 2. The Morgan fingerprint density at radius 1 is 1.12 bits per heavy atom. The summed E-state index contributed by atoms with van der Waals surface area (Å²) in [4.78, 5) is 26.4. The minimum atomic E-state index is -0.111. The Morgan fingerprint density at radius 3 is 2.46 bits per heavy atom. The van der Waals surface area contributed by atoms with Gasteiger partial charge in [-0.1, -0.05) is 18.2 Å². The van der Waals surface area contributed by atoms with Crippen LogP contribution in [0.25, 0.3) is 0 Å². The molecule has 0 unspecified atom stereocenters. The van der Waals surface area contributed by atoms with Crippen molar-refractivity contribution < 1.29 is 14.0 Å². The molecule has 3 rings (SSSR count). The third kappa shape index (κ3) is 3.59. The van der Waals surface area contributed by atoms with Crippen molar-refractivity contribution in [2.24, 2.45) is 5.92 Å². The van der Waals surface area contributed by atoms with Crippen molar-refractivity contribution in [1.82, 2.24) is 10.3 Å². The number of piperidine rings is 1. The number of carbonyl (C=O) groups is 2. The van der Waals surface area contributed by atoms with Crippen LogP contribution >= 0.6 is 0 Å². The van der Waals surface area contributed by atoms with Crippen molar-refractivity contribution in [2.45, 2.75) is 12.8 Å². The molecule has 0 bridgehead atoms. The van der Waals surface area contributed by atoms with Crippen molar-refractivity contribution in [3.8, 4) is 0 Å². The zero-order valence-electron chi connectivity index (χ0n) is 13.6. The van der Waals surface area contributed by atoms with Crippen LogP contribution in [0.4, 0.5) is 5.69 Å². The number of rotatable bonds is 4. The fourth-order valence-corrected chi connectivity index (χ4v) is 2.87. The number of anilines is 1. The highest BCUT2D eigenvalue weighted by Gasteiger charge is 2.29. The third-order valence-electron chi connectivity index (χ3n) is 4.31. The second-order valence-corrected chi connectivity index (χ2v) is 5.91. The van der Waals surface area contributed by atoms with Crippen LogP contribution in [-0.2, 0) is 4.79 Å². The van der Waals surface area contributed by atoms with E-state index in [0.717, 1.165) is 5.69 Å². The molecular weight excluding hydrogens is 306 g/mol. The number of carbonyl (C=O) groups excluding carboxylic acids is 2. The SMILES string of the molecule is CN(NC(=O)C1CCN(C(=O)c2ccco2)CC1)c1ccccc1. The lowest BCUT2D eigenvalue weighted by molar-refractivity contribution is -0.126. The topological polar surface area (TPSA) is 65.8 Å². The molecule has 2 aromatic rings. The van der Waals surface area contributed by atoms with Gasteiger partial charge in [-0.05, 0) is 37.1 Å². The van der Waals surface area contributed by atoms with Crippen LogP contribution in [0.3, 0.4) is 0 Å². The average Bonchev–Trinajstić information content (AvgIpc) is 3.16. The minimum Gasteiger partial charge on any atom is -0.459 e. The minimum absolute atomic E-state index is 0.00792. The van der Waals surface area contributed by atoms with Gasteiger partial charge in [-0.3, -0.25) is 20.0 Å². The molecule has 1 saturated heterocycles. The van der Waals surface area contributed by atoms with Gasteiger partial charge >= 0.3 is 0 Å². The van der Waals surface area contributed by atoms with Crippen LogP contribution < -0.4 is 10.4 Å². The normalized spacial score (nSPS) is 15.1. The molecule has 0 radical (unpaired) electrons. The second kappa shape index (κ2) is 7.21. The number of likely N-dealkylation sites (tertiary alicyclic amines) is 1. The first-order valence-electron chi connectivity index (χ1n) is 8.07. The first-order valence-corrected chi connectivity index (χ1v) is 8.07. The Morgan fingerprint density at radius 2 is 1.83 bits per heavy atom. The van der Waals surface area contributed by atoms with E-state index in [4.69, 9.17) is 4.42 Å². The fraction of sp³-hybridized carbons (Fsp3) is 0.333. The summed E-state index contributed by atoms with van der Waals surface area (Å²) in [5.74, 6) is 0.144. The first kappa shape index (κ1) is 16.1. The monoisotopic (exact) mass is 327 g/mol. The maximum atomic E-state index is 12.4. The molecule has 2 heterocycles. The zero-order valence-corrected chi connectivity index (χ0v) is 13.6. The molecular formula is C18H21N3O3. The van der Waals surface area contributed by atoms with Crippen LogP contribution in [0.15, 0.2) is 53.1 Å². The molecule has 6 nitrogen and oxygen atoms in total. The highest BCUT2D eigenvalue weighted by molar-refractivity contribution is 5.91. The molecule has 2 amide bonds. The Balaban J connectivity index is 1.51. The lowest BCUT2D eigenvalue weighted by Gasteiger charge is -2.32. The Bertz CT molecular complexity index is 677. The molecule has 1 aliphatic heterocycles. The predicted octanol–water partition coefficient (Wildman–Crippen LogP) is 2.30. The molecule has 1 N–H and O–H groups in total. The van der Waals surface area contributed by atoms with Crippen LogP contribution in [0.5, 0.6) is 0 Å². The predicted molar refractivity (Wildman–Crippen MR) is 90.3 cm³/mol. The highest BCUT2D eigenvalue weighted by atomic mass is 16.3. The van der Waals surface area contributed by atoms with E-state index in [0.29, 0.717) is 31.7 Å². The summed E-state index contributed by atoms with van der Waals surface area (Å²) in [5, 5.41) is 1.72. The largest absolute Gasteiger partial charge is 0.459 e. The van der Waals surface area contributed by atoms with E-state index < -0.39 is 0 Å². The summed E-state index contributed by atoms with van der Waals surface area (Å²) in [5.41, 5.74) is 3.84. The Labute approximate surface area is 141 Å². The van der Waals surface area contributed by atoms with E-state index in [-0.39, 0.29) is 17.7 Å². The molecule has 1 aromatic carbocycles. The average molecular weight is 327 g/mol. The van der Waals surface area contributed by atoms with Crippen LogP contribution in [-0.4, -0.2) is 36.9 Å². The summed E-state index contributed by atoms with van der Waals surface area (Å²) in [6.45, 7) is 1.12. The van der Waals surface area contributed by atoms with Gasteiger partial charge in [0.15, 0.2) is 5.76 Å². The Hall–Kier alpha value is -2.76. The lowest BCUT2D eigenvalue weighted by Crippen LogP contribution is -2.47. The van der Waals surface area contributed by atoms with E-state index >= 15 is 0 Å². The van der Waals surface area contributed by atoms with Gasteiger partial charge in [0, 0.05) is 26.1 Å². The third-order valence-corrected chi connectivity index (χ3v) is 4.31.